The van der Waals surface area contributed by atoms with Crippen LogP contribution in [0.1, 0.15) is 18.5 Å². The van der Waals surface area contributed by atoms with Crippen LogP contribution in [0.4, 0.5) is 0 Å². The number of nitrogens with one attached hydrogen (secondary N) is 2. The molecule has 21 heavy (non-hydrogen) atoms. The van der Waals surface area contributed by atoms with E-state index >= 15 is 0 Å². The molecule has 3 heterocycles. The topological polar surface area (TPSA) is 66.5 Å². The van der Waals surface area contributed by atoms with Gasteiger partial charge in [0, 0.05) is 11.6 Å². The van der Waals surface area contributed by atoms with Crippen LogP contribution in [0.3, 0.4) is 0 Å². The average molecular weight is 278 g/mol. The number of aromatic nitrogens is 4. The highest BCUT2D eigenvalue weighted by atomic mass is 16.1. The number of fused-ring (bicyclic) bond motifs is 3. The van der Waals surface area contributed by atoms with Crippen molar-refractivity contribution in [3.8, 4) is 0 Å². The largest absolute Gasteiger partial charge is 0.346 e. The van der Waals surface area contributed by atoms with Crippen molar-refractivity contribution < 1.29 is 0 Å². The Morgan fingerprint density at radius 1 is 1.19 bits per heavy atom. The first-order chi connectivity index (χ1) is 10.3. The van der Waals surface area contributed by atoms with E-state index in [0.29, 0.717) is 0 Å². The number of hydrogen-bond donors (Lipinski definition) is 2. The lowest BCUT2D eigenvalue weighted by atomic mass is 10.1. The summed E-state index contributed by atoms with van der Waals surface area (Å²) < 4.78 is 1.79. The van der Waals surface area contributed by atoms with E-state index in [9.17, 15) is 4.79 Å². The Bertz CT molecular complexity index is 978. The Labute approximate surface area is 120 Å². The molecular weight excluding hydrogens is 264 g/mol. The maximum Gasteiger partial charge on any atom is 0.327 e. The second-order valence-electron chi connectivity index (χ2n) is 5.15. The number of nitrogens with zero attached hydrogens (tertiary/aromatic N) is 2. The van der Waals surface area contributed by atoms with E-state index in [1.807, 2.05) is 49.5 Å². The molecule has 0 aliphatic heterocycles. The number of rotatable bonds is 2. The molecule has 0 spiro atoms. The van der Waals surface area contributed by atoms with Gasteiger partial charge in [-0.3, -0.25) is 4.57 Å². The van der Waals surface area contributed by atoms with Crippen molar-refractivity contribution in [3.05, 3.63) is 64.8 Å². The number of H-pyrrole nitrogens is 2. The molecule has 5 heteroatoms. The number of imidazole rings is 1. The van der Waals surface area contributed by atoms with Crippen molar-refractivity contribution in [1.29, 1.82) is 0 Å². The van der Waals surface area contributed by atoms with Crippen LogP contribution in [-0.4, -0.2) is 19.5 Å². The second kappa shape index (κ2) is 4.34. The zero-order valence-electron chi connectivity index (χ0n) is 11.5. The summed E-state index contributed by atoms with van der Waals surface area (Å²) in [7, 11) is 0. The third-order valence-electron chi connectivity index (χ3n) is 3.93. The lowest BCUT2D eigenvalue weighted by Gasteiger charge is -2.14. The van der Waals surface area contributed by atoms with Gasteiger partial charge in [-0.1, -0.05) is 30.3 Å². The molecule has 0 saturated carbocycles. The quantitative estimate of drug-likeness (QED) is 0.592. The average Bonchev–Trinajstić information content (AvgIpc) is 3.10. The van der Waals surface area contributed by atoms with Gasteiger partial charge in [0.25, 0.3) is 0 Å². The molecule has 3 aromatic heterocycles. The first-order valence-corrected chi connectivity index (χ1v) is 6.87. The monoisotopic (exact) mass is 278 g/mol. The highest BCUT2D eigenvalue weighted by Gasteiger charge is 2.17. The normalized spacial score (nSPS) is 13.0. The van der Waals surface area contributed by atoms with Crippen LogP contribution >= 0.6 is 0 Å². The second-order valence-corrected chi connectivity index (χ2v) is 5.15. The van der Waals surface area contributed by atoms with Crippen molar-refractivity contribution in [3.63, 3.8) is 0 Å². The van der Waals surface area contributed by atoms with Gasteiger partial charge in [-0.05, 0) is 18.6 Å². The summed E-state index contributed by atoms with van der Waals surface area (Å²) >= 11 is 0. The summed E-state index contributed by atoms with van der Waals surface area (Å²) in [5.41, 5.74) is 3.42. The van der Waals surface area contributed by atoms with E-state index in [4.69, 9.17) is 0 Å². The first kappa shape index (κ1) is 12.0. The molecule has 0 aliphatic carbocycles. The lowest BCUT2D eigenvalue weighted by Crippen LogP contribution is -2.21. The Balaban J connectivity index is 2.06. The highest BCUT2D eigenvalue weighted by Crippen LogP contribution is 2.25. The zero-order valence-corrected chi connectivity index (χ0v) is 11.5. The summed E-state index contributed by atoms with van der Waals surface area (Å²) in [6.07, 6.45) is 3.54. The van der Waals surface area contributed by atoms with Crippen molar-refractivity contribution in [2.24, 2.45) is 0 Å². The van der Waals surface area contributed by atoms with Crippen molar-refractivity contribution in [2.75, 3.05) is 0 Å². The Kier molecular flexibility index (Phi) is 2.47. The molecule has 0 aliphatic rings. The molecule has 5 nitrogen and oxygen atoms in total. The highest BCUT2D eigenvalue weighted by molar-refractivity contribution is 6.01. The van der Waals surface area contributed by atoms with E-state index in [1.54, 1.807) is 10.8 Å². The van der Waals surface area contributed by atoms with Gasteiger partial charge in [0.05, 0.1) is 23.3 Å². The summed E-state index contributed by atoms with van der Waals surface area (Å²) in [5.74, 6) is 0. The smallest absolute Gasteiger partial charge is 0.327 e. The molecule has 0 amide bonds. The zero-order chi connectivity index (χ0) is 14.4. The van der Waals surface area contributed by atoms with E-state index in [-0.39, 0.29) is 11.7 Å². The minimum Gasteiger partial charge on any atom is -0.346 e. The van der Waals surface area contributed by atoms with Gasteiger partial charge in [0.1, 0.15) is 5.65 Å². The van der Waals surface area contributed by atoms with Crippen LogP contribution in [-0.2, 0) is 0 Å². The molecule has 4 rings (SSSR count). The van der Waals surface area contributed by atoms with E-state index < -0.39 is 0 Å². The SMILES string of the molecule is C[C@@H](c1ccccc1)n1c(=O)[nH]c2cnc3[nH]ccc3c21. The van der Waals surface area contributed by atoms with E-state index in [2.05, 4.69) is 15.0 Å². The molecule has 0 bridgehead atoms. The molecule has 104 valence electrons. The third-order valence-corrected chi connectivity index (χ3v) is 3.93. The minimum absolute atomic E-state index is 0.0482. The molecule has 2 N–H and O–H groups in total. The Morgan fingerprint density at radius 2 is 2.00 bits per heavy atom. The van der Waals surface area contributed by atoms with Gasteiger partial charge in [-0.2, -0.15) is 0 Å². The molecule has 1 atom stereocenters. The van der Waals surface area contributed by atoms with Crippen LogP contribution in [0.25, 0.3) is 22.1 Å². The summed E-state index contributed by atoms with van der Waals surface area (Å²) in [4.78, 5) is 22.7. The van der Waals surface area contributed by atoms with Gasteiger partial charge >= 0.3 is 5.69 Å². The van der Waals surface area contributed by atoms with Crippen LogP contribution in [0.15, 0.2) is 53.6 Å². The Hall–Kier alpha value is -2.82. The molecule has 0 saturated heterocycles. The number of aromatic amines is 2. The summed E-state index contributed by atoms with van der Waals surface area (Å²) in [5, 5.41) is 0.952. The molecular formula is C16H14N4O. The number of hydrogen-bond acceptors (Lipinski definition) is 2. The third kappa shape index (κ3) is 1.71. The predicted octanol–water partition coefficient (Wildman–Crippen LogP) is 2.82. The molecule has 1 aromatic carbocycles. The standard InChI is InChI=1S/C16H14N4O/c1-10(11-5-3-2-4-6-11)20-14-12-7-8-17-15(12)18-9-13(14)19-16(20)21/h2-10H,1H3,(H,17,18)(H,19,21)/t10-/m0/s1. The van der Waals surface area contributed by atoms with Gasteiger partial charge in [0.2, 0.25) is 0 Å². The number of benzene rings is 1. The fourth-order valence-electron chi connectivity index (χ4n) is 2.87. The van der Waals surface area contributed by atoms with E-state index in [0.717, 1.165) is 27.6 Å². The number of pyridine rings is 1. The summed E-state index contributed by atoms with van der Waals surface area (Å²) in [6.45, 7) is 2.03. The lowest BCUT2D eigenvalue weighted by molar-refractivity contribution is 0.637. The molecule has 0 unspecified atom stereocenters. The predicted molar refractivity (Wildman–Crippen MR) is 82.5 cm³/mol. The van der Waals surface area contributed by atoms with Gasteiger partial charge < -0.3 is 9.97 Å². The fraction of sp³-hybridized carbons (Fsp3) is 0.125. The minimum atomic E-state index is -0.114. The van der Waals surface area contributed by atoms with Crippen LogP contribution in [0.2, 0.25) is 0 Å². The Morgan fingerprint density at radius 3 is 2.81 bits per heavy atom. The fourth-order valence-corrected chi connectivity index (χ4v) is 2.87. The molecule has 0 fully saturated rings. The summed E-state index contributed by atoms with van der Waals surface area (Å²) in [6, 6.07) is 11.9. The maximum absolute atomic E-state index is 12.4. The molecule has 0 radical (unpaired) electrons. The van der Waals surface area contributed by atoms with Crippen LogP contribution in [0.5, 0.6) is 0 Å². The maximum atomic E-state index is 12.4. The van der Waals surface area contributed by atoms with Gasteiger partial charge in [-0.15, -0.1) is 0 Å². The van der Waals surface area contributed by atoms with Crippen molar-refractivity contribution in [1.82, 2.24) is 19.5 Å². The van der Waals surface area contributed by atoms with Crippen LogP contribution < -0.4 is 5.69 Å². The van der Waals surface area contributed by atoms with Crippen molar-refractivity contribution >= 4 is 22.1 Å². The van der Waals surface area contributed by atoms with Gasteiger partial charge in [-0.25, -0.2) is 9.78 Å². The molecule has 4 aromatic rings. The van der Waals surface area contributed by atoms with E-state index in [1.165, 1.54) is 0 Å². The first-order valence-electron chi connectivity index (χ1n) is 6.87. The van der Waals surface area contributed by atoms with Gasteiger partial charge in [0.15, 0.2) is 0 Å². The van der Waals surface area contributed by atoms with Crippen LogP contribution in [0, 0.1) is 0 Å². The van der Waals surface area contributed by atoms with Crippen molar-refractivity contribution in [2.45, 2.75) is 13.0 Å².